The van der Waals surface area contributed by atoms with Crippen LogP contribution in [0.25, 0.3) is 11.1 Å². The van der Waals surface area contributed by atoms with E-state index < -0.39 is 0 Å². The maximum atomic E-state index is 2.39. The zero-order valence-corrected chi connectivity index (χ0v) is 13.7. The van der Waals surface area contributed by atoms with E-state index in [1.54, 1.807) is 0 Å². The average Bonchev–Trinajstić information content (AvgIpc) is 2.52. The van der Waals surface area contributed by atoms with Gasteiger partial charge < -0.3 is 0 Å². The summed E-state index contributed by atoms with van der Waals surface area (Å²) in [5.74, 6) is 0. The Morgan fingerprint density at radius 3 is 2.14 bits per heavy atom. The van der Waals surface area contributed by atoms with Crippen LogP contribution in [0, 0.1) is 0 Å². The summed E-state index contributed by atoms with van der Waals surface area (Å²) in [6.45, 7) is 7.05. The predicted molar refractivity (Wildman–Crippen MR) is 93.7 cm³/mol. The lowest BCUT2D eigenvalue weighted by molar-refractivity contribution is 0.447. The molecule has 0 saturated heterocycles. The van der Waals surface area contributed by atoms with Gasteiger partial charge in [0.15, 0.2) is 0 Å². The minimum absolute atomic E-state index is 0.236. The molecule has 0 aliphatic rings. The normalized spacial score (nSPS) is 11.6. The molecule has 0 fully saturated rings. The minimum atomic E-state index is 0.236. The van der Waals surface area contributed by atoms with Crippen LogP contribution in [0.1, 0.15) is 58.4 Å². The molecule has 0 heterocycles. The molecule has 21 heavy (non-hydrogen) atoms. The zero-order chi connectivity index (χ0) is 15.1. The van der Waals surface area contributed by atoms with Crippen LogP contribution in [-0.4, -0.2) is 0 Å². The first-order valence-corrected chi connectivity index (χ1v) is 8.30. The lowest BCUT2D eigenvalue weighted by atomic mass is 9.76. The molecule has 0 unspecified atom stereocenters. The monoisotopic (exact) mass is 280 g/mol. The SMILES string of the molecule is CCCCCCC(C)(C)c1ccccc1-c1ccccc1. The van der Waals surface area contributed by atoms with E-state index in [2.05, 4.69) is 75.4 Å². The summed E-state index contributed by atoms with van der Waals surface area (Å²) in [5, 5.41) is 0. The van der Waals surface area contributed by atoms with Gasteiger partial charge >= 0.3 is 0 Å². The van der Waals surface area contributed by atoms with Gasteiger partial charge in [0.25, 0.3) is 0 Å². The van der Waals surface area contributed by atoms with Gasteiger partial charge in [-0.1, -0.05) is 101 Å². The van der Waals surface area contributed by atoms with Crippen LogP contribution in [0.15, 0.2) is 54.6 Å². The standard InChI is InChI=1S/C21H28/c1-4-5-6-12-17-21(2,3)20-16-11-10-15-19(20)18-13-8-7-9-14-18/h7-11,13-16H,4-6,12,17H2,1-3H3. The Balaban J connectivity index is 2.23. The molecule has 0 aromatic heterocycles. The second-order valence-corrected chi connectivity index (χ2v) is 6.61. The first kappa shape index (κ1) is 15.8. The highest BCUT2D eigenvalue weighted by Gasteiger charge is 2.23. The number of benzene rings is 2. The van der Waals surface area contributed by atoms with Crippen molar-refractivity contribution in [1.29, 1.82) is 0 Å². The molecule has 0 amide bonds. The van der Waals surface area contributed by atoms with Gasteiger partial charge in [-0.2, -0.15) is 0 Å². The van der Waals surface area contributed by atoms with Crippen LogP contribution in [-0.2, 0) is 5.41 Å². The van der Waals surface area contributed by atoms with Gasteiger partial charge in [0, 0.05) is 0 Å². The van der Waals surface area contributed by atoms with E-state index in [4.69, 9.17) is 0 Å². The molecule has 0 heteroatoms. The number of hydrogen-bond acceptors (Lipinski definition) is 0. The third kappa shape index (κ3) is 4.20. The van der Waals surface area contributed by atoms with Crippen molar-refractivity contribution in [2.45, 2.75) is 58.3 Å². The Kier molecular flexibility index (Phi) is 5.61. The largest absolute Gasteiger partial charge is 0.0654 e. The van der Waals surface area contributed by atoms with E-state index in [0.29, 0.717) is 0 Å². The van der Waals surface area contributed by atoms with E-state index in [1.807, 2.05) is 0 Å². The van der Waals surface area contributed by atoms with E-state index >= 15 is 0 Å². The summed E-state index contributed by atoms with van der Waals surface area (Å²) in [4.78, 5) is 0. The van der Waals surface area contributed by atoms with Crippen molar-refractivity contribution in [2.75, 3.05) is 0 Å². The summed E-state index contributed by atoms with van der Waals surface area (Å²) in [5.41, 5.74) is 4.43. The van der Waals surface area contributed by atoms with Gasteiger partial charge in [-0.05, 0) is 28.5 Å². The Bertz CT molecular complexity index is 537. The molecule has 112 valence electrons. The van der Waals surface area contributed by atoms with Crippen molar-refractivity contribution in [3.63, 3.8) is 0 Å². The van der Waals surface area contributed by atoms with E-state index in [9.17, 15) is 0 Å². The average molecular weight is 280 g/mol. The van der Waals surface area contributed by atoms with Crippen molar-refractivity contribution in [2.24, 2.45) is 0 Å². The summed E-state index contributed by atoms with van der Waals surface area (Å²) >= 11 is 0. The van der Waals surface area contributed by atoms with Crippen LogP contribution in [0.2, 0.25) is 0 Å². The van der Waals surface area contributed by atoms with Crippen LogP contribution in [0.4, 0.5) is 0 Å². The van der Waals surface area contributed by atoms with Crippen LogP contribution >= 0.6 is 0 Å². The van der Waals surface area contributed by atoms with Crippen molar-refractivity contribution in [3.05, 3.63) is 60.2 Å². The first-order chi connectivity index (χ1) is 10.1. The second-order valence-electron chi connectivity index (χ2n) is 6.61. The quantitative estimate of drug-likeness (QED) is 0.501. The number of rotatable bonds is 7. The smallest absolute Gasteiger partial charge is 0.00974 e. The van der Waals surface area contributed by atoms with Crippen molar-refractivity contribution >= 4 is 0 Å². The minimum Gasteiger partial charge on any atom is -0.0654 e. The molecule has 2 rings (SSSR count). The van der Waals surface area contributed by atoms with E-state index in [0.717, 1.165) is 0 Å². The molecule has 0 aliphatic carbocycles. The van der Waals surface area contributed by atoms with Crippen molar-refractivity contribution in [1.82, 2.24) is 0 Å². The molecule has 2 aromatic carbocycles. The Morgan fingerprint density at radius 1 is 0.762 bits per heavy atom. The fourth-order valence-corrected chi connectivity index (χ4v) is 3.07. The highest BCUT2D eigenvalue weighted by molar-refractivity contribution is 5.68. The summed E-state index contributed by atoms with van der Waals surface area (Å²) < 4.78 is 0. The third-order valence-corrected chi connectivity index (χ3v) is 4.40. The van der Waals surface area contributed by atoms with Gasteiger partial charge in [-0.15, -0.1) is 0 Å². The first-order valence-electron chi connectivity index (χ1n) is 8.30. The van der Waals surface area contributed by atoms with Crippen LogP contribution < -0.4 is 0 Å². The second kappa shape index (κ2) is 7.45. The topological polar surface area (TPSA) is 0 Å². The summed E-state index contributed by atoms with van der Waals surface area (Å²) in [7, 11) is 0. The lowest BCUT2D eigenvalue weighted by Gasteiger charge is -2.28. The maximum Gasteiger partial charge on any atom is -0.00974 e. The molecule has 0 spiro atoms. The van der Waals surface area contributed by atoms with E-state index in [1.165, 1.54) is 48.8 Å². The summed E-state index contributed by atoms with van der Waals surface area (Å²) in [6.07, 6.45) is 6.60. The Hall–Kier alpha value is -1.56. The van der Waals surface area contributed by atoms with Gasteiger partial charge in [-0.25, -0.2) is 0 Å². The zero-order valence-electron chi connectivity index (χ0n) is 13.7. The molecular weight excluding hydrogens is 252 g/mol. The van der Waals surface area contributed by atoms with Crippen LogP contribution in [0.5, 0.6) is 0 Å². The van der Waals surface area contributed by atoms with Gasteiger partial charge in [0.1, 0.15) is 0 Å². The van der Waals surface area contributed by atoms with Crippen molar-refractivity contribution in [3.8, 4) is 11.1 Å². The Morgan fingerprint density at radius 2 is 1.43 bits per heavy atom. The molecule has 0 saturated carbocycles. The lowest BCUT2D eigenvalue weighted by Crippen LogP contribution is -2.18. The highest BCUT2D eigenvalue weighted by Crippen LogP contribution is 2.36. The predicted octanol–water partition coefficient (Wildman–Crippen LogP) is 6.60. The molecular formula is C21H28. The molecule has 0 nitrogen and oxygen atoms in total. The maximum absolute atomic E-state index is 2.39. The van der Waals surface area contributed by atoms with Gasteiger partial charge in [0.05, 0.1) is 0 Å². The highest BCUT2D eigenvalue weighted by atomic mass is 14.3. The fourth-order valence-electron chi connectivity index (χ4n) is 3.07. The van der Waals surface area contributed by atoms with E-state index in [-0.39, 0.29) is 5.41 Å². The third-order valence-electron chi connectivity index (χ3n) is 4.40. The molecule has 0 aliphatic heterocycles. The molecule has 0 radical (unpaired) electrons. The number of hydrogen-bond donors (Lipinski definition) is 0. The Labute approximate surface area is 130 Å². The molecule has 0 bridgehead atoms. The molecule has 0 atom stereocenters. The summed E-state index contributed by atoms with van der Waals surface area (Å²) in [6, 6.07) is 19.7. The molecule has 0 N–H and O–H groups in total. The van der Waals surface area contributed by atoms with Gasteiger partial charge in [-0.3, -0.25) is 0 Å². The van der Waals surface area contributed by atoms with Gasteiger partial charge in [0.2, 0.25) is 0 Å². The number of unbranched alkanes of at least 4 members (excludes halogenated alkanes) is 3. The van der Waals surface area contributed by atoms with Crippen LogP contribution in [0.3, 0.4) is 0 Å². The molecule has 2 aromatic rings. The fraction of sp³-hybridized carbons (Fsp3) is 0.429. The van der Waals surface area contributed by atoms with Crippen molar-refractivity contribution < 1.29 is 0 Å².